The summed E-state index contributed by atoms with van der Waals surface area (Å²) in [4.78, 5) is 0. The van der Waals surface area contributed by atoms with Crippen molar-refractivity contribution in [2.45, 2.75) is 39.5 Å². The van der Waals surface area contributed by atoms with E-state index in [-0.39, 0.29) is 0 Å². The van der Waals surface area contributed by atoms with Crippen LogP contribution in [0.15, 0.2) is 42.5 Å². The minimum Gasteiger partial charge on any atom is -0.492 e. The molecule has 0 unspecified atom stereocenters. The van der Waals surface area contributed by atoms with Crippen LogP contribution in [0.25, 0.3) is 11.1 Å². The van der Waals surface area contributed by atoms with Crippen molar-refractivity contribution in [2.75, 3.05) is 6.61 Å². The Hall–Kier alpha value is -2.27. The molecule has 0 aliphatic heterocycles. The third kappa shape index (κ3) is 4.11. The topological polar surface area (TPSA) is 33.0 Å². The van der Waals surface area contributed by atoms with Gasteiger partial charge in [-0.1, -0.05) is 50.1 Å². The second-order valence-electron chi connectivity index (χ2n) is 5.41. The SMILES string of the molecule is CCCCCc1ccc(-c2ccc(OCC)c(C#N)c2)cc1. The normalized spacial score (nSPS) is 10.2. The Morgan fingerprint density at radius 2 is 1.68 bits per heavy atom. The Kier molecular flexibility index (Phi) is 6.03. The summed E-state index contributed by atoms with van der Waals surface area (Å²) in [5.74, 6) is 0.657. The second-order valence-corrected chi connectivity index (χ2v) is 5.41. The highest BCUT2D eigenvalue weighted by atomic mass is 16.5. The van der Waals surface area contributed by atoms with Crippen molar-refractivity contribution < 1.29 is 4.74 Å². The first-order valence-electron chi connectivity index (χ1n) is 8.04. The number of benzene rings is 2. The van der Waals surface area contributed by atoms with Gasteiger partial charge in [0.05, 0.1) is 12.2 Å². The maximum atomic E-state index is 9.25. The average molecular weight is 293 g/mol. The van der Waals surface area contributed by atoms with Crippen LogP contribution >= 0.6 is 0 Å². The Balaban J connectivity index is 2.16. The molecular formula is C20H23NO. The van der Waals surface area contributed by atoms with Crippen LogP contribution in [0, 0.1) is 11.3 Å². The van der Waals surface area contributed by atoms with Crippen molar-refractivity contribution in [1.29, 1.82) is 5.26 Å². The molecule has 0 radical (unpaired) electrons. The molecule has 0 N–H and O–H groups in total. The van der Waals surface area contributed by atoms with Crippen molar-refractivity contribution in [2.24, 2.45) is 0 Å². The molecule has 22 heavy (non-hydrogen) atoms. The molecule has 0 bridgehead atoms. The number of rotatable bonds is 7. The fourth-order valence-electron chi connectivity index (χ4n) is 2.52. The molecule has 0 aliphatic rings. The van der Waals surface area contributed by atoms with Gasteiger partial charge in [0.25, 0.3) is 0 Å². The molecule has 2 rings (SSSR count). The van der Waals surface area contributed by atoms with E-state index in [0.717, 1.165) is 17.5 Å². The number of aryl methyl sites for hydroxylation is 1. The third-order valence-electron chi connectivity index (χ3n) is 3.76. The molecule has 114 valence electrons. The van der Waals surface area contributed by atoms with Gasteiger partial charge in [0.15, 0.2) is 0 Å². The molecule has 2 nitrogen and oxygen atoms in total. The van der Waals surface area contributed by atoms with Crippen molar-refractivity contribution in [3.63, 3.8) is 0 Å². The van der Waals surface area contributed by atoms with E-state index in [2.05, 4.69) is 37.3 Å². The van der Waals surface area contributed by atoms with Gasteiger partial charge >= 0.3 is 0 Å². The number of nitrogens with zero attached hydrogens (tertiary/aromatic N) is 1. The van der Waals surface area contributed by atoms with Gasteiger partial charge in [0, 0.05) is 0 Å². The molecule has 0 fully saturated rings. The summed E-state index contributed by atoms with van der Waals surface area (Å²) in [6.07, 6.45) is 4.92. The summed E-state index contributed by atoms with van der Waals surface area (Å²) in [6, 6.07) is 16.7. The van der Waals surface area contributed by atoms with Crippen LogP contribution < -0.4 is 4.74 Å². The predicted octanol–water partition coefficient (Wildman–Crippen LogP) is 5.36. The van der Waals surface area contributed by atoms with Gasteiger partial charge < -0.3 is 4.74 Å². The zero-order chi connectivity index (χ0) is 15.8. The van der Waals surface area contributed by atoms with Crippen LogP contribution in [0.1, 0.15) is 44.2 Å². The van der Waals surface area contributed by atoms with Crippen molar-refractivity contribution in [3.05, 3.63) is 53.6 Å². The van der Waals surface area contributed by atoms with Crippen molar-refractivity contribution >= 4 is 0 Å². The minimum absolute atomic E-state index is 0.570. The van der Waals surface area contributed by atoms with E-state index in [0.29, 0.717) is 17.9 Å². The minimum atomic E-state index is 0.570. The Bertz CT molecular complexity index is 638. The summed E-state index contributed by atoms with van der Waals surface area (Å²) in [5, 5.41) is 9.25. The summed E-state index contributed by atoms with van der Waals surface area (Å²) in [6.45, 7) is 4.72. The number of hydrogen-bond acceptors (Lipinski definition) is 2. The molecule has 2 heteroatoms. The van der Waals surface area contributed by atoms with Gasteiger partial charge in [-0.25, -0.2) is 0 Å². The van der Waals surface area contributed by atoms with Crippen LogP contribution in [-0.4, -0.2) is 6.61 Å². The molecule has 0 heterocycles. The van der Waals surface area contributed by atoms with E-state index < -0.39 is 0 Å². The monoisotopic (exact) mass is 293 g/mol. The maximum Gasteiger partial charge on any atom is 0.137 e. The van der Waals surface area contributed by atoms with E-state index in [9.17, 15) is 5.26 Å². The van der Waals surface area contributed by atoms with Crippen LogP contribution in [-0.2, 0) is 6.42 Å². The number of nitriles is 1. The summed E-state index contributed by atoms with van der Waals surface area (Å²) in [7, 11) is 0. The maximum absolute atomic E-state index is 9.25. The van der Waals surface area contributed by atoms with E-state index in [4.69, 9.17) is 4.74 Å². The first kappa shape index (κ1) is 16.1. The molecule has 0 amide bonds. The largest absolute Gasteiger partial charge is 0.492 e. The lowest BCUT2D eigenvalue weighted by Gasteiger charge is -2.08. The first-order valence-corrected chi connectivity index (χ1v) is 8.04. The number of hydrogen-bond donors (Lipinski definition) is 0. The molecule has 2 aromatic rings. The molecule has 0 atom stereocenters. The van der Waals surface area contributed by atoms with E-state index in [1.54, 1.807) is 0 Å². The van der Waals surface area contributed by atoms with Gasteiger partial charge in [-0.05, 0) is 48.6 Å². The van der Waals surface area contributed by atoms with Gasteiger partial charge in [0.2, 0.25) is 0 Å². The molecule has 0 aromatic heterocycles. The highest BCUT2D eigenvalue weighted by molar-refractivity contribution is 5.67. The van der Waals surface area contributed by atoms with Gasteiger partial charge in [0.1, 0.15) is 11.8 Å². The zero-order valence-corrected chi connectivity index (χ0v) is 13.4. The van der Waals surface area contributed by atoms with Crippen LogP contribution in [0.5, 0.6) is 5.75 Å². The highest BCUT2D eigenvalue weighted by Crippen LogP contribution is 2.27. The quantitative estimate of drug-likeness (QED) is 0.644. The fourth-order valence-corrected chi connectivity index (χ4v) is 2.52. The Labute approximate surface area is 133 Å². The summed E-state index contributed by atoms with van der Waals surface area (Å²) >= 11 is 0. The summed E-state index contributed by atoms with van der Waals surface area (Å²) in [5.41, 5.74) is 4.16. The highest BCUT2D eigenvalue weighted by Gasteiger charge is 2.06. The molecule has 0 saturated carbocycles. The lowest BCUT2D eigenvalue weighted by atomic mass is 10.00. The fraction of sp³-hybridized carbons (Fsp3) is 0.350. The standard InChI is InChI=1S/C20H23NO/c1-3-5-6-7-16-8-10-17(11-9-16)18-12-13-20(22-4-2)19(14-18)15-21/h8-14H,3-7H2,1-2H3. The molecule has 2 aromatic carbocycles. The average Bonchev–Trinajstić information content (AvgIpc) is 2.56. The zero-order valence-electron chi connectivity index (χ0n) is 13.4. The van der Waals surface area contributed by atoms with E-state index >= 15 is 0 Å². The molecule has 0 aliphatic carbocycles. The third-order valence-corrected chi connectivity index (χ3v) is 3.76. The Morgan fingerprint density at radius 3 is 2.32 bits per heavy atom. The Morgan fingerprint density at radius 1 is 0.955 bits per heavy atom. The van der Waals surface area contributed by atoms with Gasteiger partial charge in [-0.2, -0.15) is 5.26 Å². The lowest BCUT2D eigenvalue weighted by Crippen LogP contribution is -1.94. The number of ether oxygens (including phenoxy) is 1. The number of unbranched alkanes of at least 4 members (excludes halogenated alkanes) is 2. The van der Waals surface area contributed by atoms with Crippen LogP contribution in [0.3, 0.4) is 0 Å². The molecular weight excluding hydrogens is 270 g/mol. The van der Waals surface area contributed by atoms with Gasteiger partial charge in [-0.3, -0.25) is 0 Å². The first-order chi connectivity index (χ1) is 10.8. The van der Waals surface area contributed by atoms with Crippen molar-refractivity contribution in [3.8, 4) is 22.9 Å². The van der Waals surface area contributed by atoms with E-state index in [1.807, 2.05) is 25.1 Å². The summed E-state index contributed by atoms with van der Waals surface area (Å²) < 4.78 is 5.47. The van der Waals surface area contributed by atoms with Crippen molar-refractivity contribution in [1.82, 2.24) is 0 Å². The predicted molar refractivity (Wildman–Crippen MR) is 91.0 cm³/mol. The molecule has 0 spiro atoms. The van der Waals surface area contributed by atoms with Gasteiger partial charge in [-0.15, -0.1) is 0 Å². The van der Waals surface area contributed by atoms with Crippen LogP contribution in [0.4, 0.5) is 0 Å². The second kappa shape index (κ2) is 8.24. The lowest BCUT2D eigenvalue weighted by molar-refractivity contribution is 0.339. The smallest absolute Gasteiger partial charge is 0.137 e. The molecule has 0 saturated heterocycles. The van der Waals surface area contributed by atoms with E-state index in [1.165, 1.54) is 24.8 Å². The van der Waals surface area contributed by atoms with Crippen LogP contribution in [0.2, 0.25) is 0 Å².